The van der Waals surface area contributed by atoms with Crippen molar-refractivity contribution >= 4 is 21.8 Å². The molecule has 1 amide bonds. The number of aliphatic hydroxyl groups excluding tert-OH is 1. The maximum atomic E-state index is 11.7. The number of halogens is 1. The summed E-state index contributed by atoms with van der Waals surface area (Å²) < 4.78 is 6.33. The van der Waals surface area contributed by atoms with Crippen LogP contribution in [0, 0.1) is 0 Å². The lowest BCUT2D eigenvalue weighted by Gasteiger charge is -2.16. The molecule has 0 aromatic heterocycles. The van der Waals surface area contributed by atoms with Gasteiger partial charge in [-0.2, -0.15) is 0 Å². The van der Waals surface area contributed by atoms with Gasteiger partial charge in [0.15, 0.2) is 0 Å². The van der Waals surface area contributed by atoms with Gasteiger partial charge in [-0.05, 0) is 47.4 Å². The van der Waals surface area contributed by atoms with E-state index < -0.39 is 6.10 Å². The van der Waals surface area contributed by atoms with E-state index >= 15 is 0 Å². The first kappa shape index (κ1) is 15.3. The second-order valence-corrected chi connectivity index (χ2v) is 5.64. The Morgan fingerprint density at radius 1 is 1.55 bits per heavy atom. The highest BCUT2D eigenvalue weighted by Crippen LogP contribution is 2.23. The molecule has 5 nitrogen and oxygen atoms in total. The van der Waals surface area contributed by atoms with E-state index in [4.69, 9.17) is 4.74 Å². The summed E-state index contributed by atoms with van der Waals surface area (Å²) in [5, 5.41) is 15.7. The summed E-state index contributed by atoms with van der Waals surface area (Å²) in [7, 11) is 0. The van der Waals surface area contributed by atoms with Crippen LogP contribution in [0.5, 0.6) is 5.75 Å². The standard InChI is InChI=1S/C14H19BrN2O3/c15-11-4-1-2-6-13(11)20-9-10(18)8-17-14(19)12-5-3-7-16-12/h1-2,4,6,10,12,16,18H,3,5,7-9H2,(H,17,19)/t10-,12-/m0/s1. The van der Waals surface area contributed by atoms with Crippen LogP contribution in [0.3, 0.4) is 0 Å². The summed E-state index contributed by atoms with van der Waals surface area (Å²) in [5.41, 5.74) is 0. The van der Waals surface area contributed by atoms with Gasteiger partial charge in [-0.15, -0.1) is 0 Å². The fourth-order valence-electron chi connectivity index (χ4n) is 2.06. The summed E-state index contributed by atoms with van der Waals surface area (Å²) in [6.45, 7) is 1.22. The zero-order chi connectivity index (χ0) is 14.4. The summed E-state index contributed by atoms with van der Waals surface area (Å²) in [6, 6.07) is 7.32. The zero-order valence-corrected chi connectivity index (χ0v) is 12.7. The summed E-state index contributed by atoms with van der Waals surface area (Å²) >= 11 is 3.37. The smallest absolute Gasteiger partial charge is 0.237 e. The fourth-order valence-corrected chi connectivity index (χ4v) is 2.46. The molecule has 3 N–H and O–H groups in total. The first-order valence-corrected chi connectivity index (χ1v) is 7.52. The van der Waals surface area contributed by atoms with Crippen LogP contribution in [0.1, 0.15) is 12.8 Å². The third-order valence-electron chi connectivity index (χ3n) is 3.16. The Morgan fingerprint density at radius 2 is 2.35 bits per heavy atom. The molecule has 2 rings (SSSR count). The molecule has 1 aliphatic rings. The molecule has 110 valence electrons. The van der Waals surface area contributed by atoms with E-state index in [1.807, 2.05) is 24.3 Å². The van der Waals surface area contributed by atoms with E-state index in [9.17, 15) is 9.90 Å². The molecule has 1 aliphatic heterocycles. The van der Waals surface area contributed by atoms with Gasteiger partial charge in [-0.3, -0.25) is 4.79 Å². The number of hydrogen-bond acceptors (Lipinski definition) is 4. The van der Waals surface area contributed by atoms with Crippen molar-refractivity contribution in [3.8, 4) is 5.75 Å². The molecule has 20 heavy (non-hydrogen) atoms. The Labute approximate surface area is 126 Å². The number of rotatable bonds is 6. The number of ether oxygens (including phenoxy) is 1. The minimum atomic E-state index is -0.729. The number of hydrogen-bond donors (Lipinski definition) is 3. The van der Waals surface area contributed by atoms with Crippen molar-refractivity contribution < 1.29 is 14.6 Å². The lowest BCUT2D eigenvalue weighted by atomic mass is 10.2. The van der Waals surface area contributed by atoms with Crippen LogP contribution in [-0.4, -0.2) is 42.9 Å². The van der Waals surface area contributed by atoms with Crippen LogP contribution >= 0.6 is 15.9 Å². The van der Waals surface area contributed by atoms with E-state index in [0.717, 1.165) is 23.9 Å². The highest BCUT2D eigenvalue weighted by Gasteiger charge is 2.22. The van der Waals surface area contributed by atoms with Crippen molar-refractivity contribution in [2.45, 2.75) is 25.0 Å². The van der Waals surface area contributed by atoms with Crippen molar-refractivity contribution in [2.75, 3.05) is 19.7 Å². The normalized spacial score (nSPS) is 19.6. The highest BCUT2D eigenvalue weighted by atomic mass is 79.9. The topological polar surface area (TPSA) is 70.6 Å². The average Bonchev–Trinajstić information content (AvgIpc) is 2.98. The molecule has 0 unspecified atom stereocenters. The van der Waals surface area contributed by atoms with Gasteiger partial charge in [-0.25, -0.2) is 0 Å². The molecule has 1 fully saturated rings. The van der Waals surface area contributed by atoms with Crippen LogP contribution in [0.25, 0.3) is 0 Å². The van der Waals surface area contributed by atoms with Crippen LogP contribution in [0.15, 0.2) is 28.7 Å². The van der Waals surface area contributed by atoms with Crippen molar-refractivity contribution in [3.63, 3.8) is 0 Å². The molecule has 0 saturated carbocycles. The molecule has 0 spiro atoms. The number of aliphatic hydroxyl groups is 1. The number of carbonyl (C=O) groups excluding carboxylic acids is 1. The predicted molar refractivity (Wildman–Crippen MR) is 79.7 cm³/mol. The fraction of sp³-hybridized carbons (Fsp3) is 0.500. The van der Waals surface area contributed by atoms with Gasteiger partial charge in [-0.1, -0.05) is 12.1 Å². The third kappa shape index (κ3) is 4.47. The van der Waals surface area contributed by atoms with E-state index in [1.165, 1.54) is 0 Å². The van der Waals surface area contributed by atoms with Crippen LogP contribution in [-0.2, 0) is 4.79 Å². The predicted octanol–water partition coefficient (Wildman–Crippen LogP) is 1.06. The van der Waals surface area contributed by atoms with E-state index in [-0.39, 0.29) is 25.1 Å². The second kappa shape index (κ2) is 7.61. The van der Waals surface area contributed by atoms with Gasteiger partial charge in [0.25, 0.3) is 0 Å². The largest absolute Gasteiger partial charge is 0.490 e. The van der Waals surface area contributed by atoms with Crippen molar-refractivity contribution in [2.24, 2.45) is 0 Å². The van der Waals surface area contributed by atoms with E-state index in [1.54, 1.807) is 0 Å². The third-order valence-corrected chi connectivity index (χ3v) is 3.81. The van der Waals surface area contributed by atoms with Crippen LogP contribution in [0.2, 0.25) is 0 Å². The maximum Gasteiger partial charge on any atom is 0.237 e. The Kier molecular flexibility index (Phi) is 5.82. The number of carbonyl (C=O) groups is 1. The lowest BCUT2D eigenvalue weighted by molar-refractivity contribution is -0.123. The molecule has 1 aromatic rings. The molecule has 2 atom stereocenters. The number of amides is 1. The monoisotopic (exact) mass is 342 g/mol. The van der Waals surface area contributed by atoms with Crippen molar-refractivity contribution in [1.29, 1.82) is 0 Å². The minimum Gasteiger partial charge on any atom is -0.490 e. The molecule has 1 saturated heterocycles. The number of benzene rings is 1. The van der Waals surface area contributed by atoms with E-state index in [2.05, 4.69) is 26.6 Å². The van der Waals surface area contributed by atoms with Crippen LogP contribution in [0.4, 0.5) is 0 Å². The molecular weight excluding hydrogens is 324 g/mol. The highest BCUT2D eigenvalue weighted by molar-refractivity contribution is 9.10. The molecule has 1 heterocycles. The average molecular weight is 343 g/mol. The van der Waals surface area contributed by atoms with Gasteiger partial charge in [0, 0.05) is 6.54 Å². The van der Waals surface area contributed by atoms with Gasteiger partial charge in [0.2, 0.25) is 5.91 Å². The van der Waals surface area contributed by atoms with Crippen molar-refractivity contribution in [1.82, 2.24) is 10.6 Å². The summed E-state index contributed by atoms with van der Waals surface area (Å²) in [4.78, 5) is 11.7. The van der Waals surface area contributed by atoms with Gasteiger partial charge in [0.05, 0.1) is 10.5 Å². The Morgan fingerprint density at radius 3 is 3.05 bits per heavy atom. The zero-order valence-electron chi connectivity index (χ0n) is 11.1. The maximum absolute atomic E-state index is 11.7. The number of nitrogens with one attached hydrogen (secondary N) is 2. The molecular formula is C14H19BrN2O3. The molecule has 0 aliphatic carbocycles. The van der Waals surface area contributed by atoms with Crippen LogP contribution < -0.4 is 15.4 Å². The quantitative estimate of drug-likeness (QED) is 0.722. The molecule has 0 radical (unpaired) electrons. The Balaban J connectivity index is 1.69. The second-order valence-electron chi connectivity index (χ2n) is 4.79. The Bertz CT molecular complexity index is 450. The first-order valence-electron chi connectivity index (χ1n) is 6.73. The van der Waals surface area contributed by atoms with E-state index in [0.29, 0.717) is 5.75 Å². The molecule has 1 aromatic carbocycles. The Hall–Kier alpha value is -1.11. The first-order chi connectivity index (χ1) is 9.66. The van der Waals surface area contributed by atoms with Gasteiger partial charge < -0.3 is 20.5 Å². The van der Waals surface area contributed by atoms with Gasteiger partial charge >= 0.3 is 0 Å². The molecule has 6 heteroatoms. The summed E-state index contributed by atoms with van der Waals surface area (Å²) in [6.07, 6.45) is 1.15. The minimum absolute atomic E-state index is 0.0533. The summed E-state index contributed by atoms with van der Waals surface area (Å²) in [5.74, 6) is 0.623. The SMILES string of the molecule is O=C(NC[C@H](O)COc1ccccc1Br)[C@@H]1CCCN1. The van der Waals surface area contributed by atoms with Gasteiger partial charge in [0.1, 0.15) is 18.5 Å². The lowest BCUT2D eigenvalue weighted by Crippen LogP contribution is -2.44. The van der Waals surface area contributed by atoms with Crippen molar-refractivity contribution in [3.05, 3.63) is 28.7 Å². The number of para-hydroxylation sites is 1. The molecule has 0 bridgehead atoms.